The Morgan fingerprint density at radius 1 is 1.30 bits per heavy atom. The van der Waals surface area contributed by atoms with Crippen LogP contribution in [0.4, 0.5) is 11.9 Å². The molecule has 23 heavy (non-hydrogen) atoms. The van der Waals surface area contributed by atoms with Gasteiger partial charge in [-0.25, -0.2) is 0 Å². The fraction of sp³-hybridized carbons (Fsp3) is 0.375. The fourth-order valence-electron chi connectivity index (χ4n) is 2.82. The number of nitrogens with one attached hydrogen (secondary N) is 1. The van der Waals surface area contributed by atoms with Crippen molar-refractivity contribution in [3.05, 3.63) is 40.7 Å². The summed E-state index contributed by atoms with van der Waals surface area (Å²) in [5.41, 5.74) is 8.68. The number of aromatic nitrogens is 3. The molecule has 0 radical (unpaired) electrons. The van der Waals surface area contributed by atoms with Crippen molar-refractivity contribution in [2.75, 3.05) is 18.1 Å². The molecule has 0 unspecified atom stereocenters. The number of anilines is 2. The van der Waals surface area contributed by atoms with Crippen molar-refractivity contribution in [2.24, 2.45) is 0 Å². The molecule has 1 aliphatic heterocycles. The molecule has 7 heteroatoms. The van der Waals surface area contributed by atoms with Crippen LogP contribution in [0.15, 0.2) is 18.2 Å². The zero-order valence-electron chi connectivity index (χ0n) is 12.9. The van der Waals surface area contributed by atoms with E-state index in [-0.39, 0.29) is 11.9 Å². The van der Waals surface area contributed by atoms with Crippen molar-refractivity contribution in [3.8, 4) is 0 Å². The lowest BCUT2D eigenvalue weighted by Gasteiger charge is -2.08. The maximum absolute atomic E-state index is 11.9. The number of hydrogen-bond acceptors (Lipinski definition) is 6. The van der Waals surface area contributed by atoms with Gasteiger partial charge in [-0.3, -0.25) is 4.79 Å². The Hall–Kier alpha value is -2.70. The van der Waals surface area contributed by atoms with Gasteiger partial charge in [-0.1, -0.05) is 12.1 Å². The van der Waals surface area contributed by atoms with Crippen LogP contribution < -0.4 is 11.1 Å². The van der Waals surface area contributed by atoms with Crippen molar-refractivity contribution in [3.63, 3.8) is 0 Å². The second-order valence-electron chi connectivity index (χ2n) is 6.16. The summed E-state index contributed by atoms with van der Waals surface area (Å²) < 4.78 is 0. The lowest BCUT2D eigenvalue weighted by atomic mass is 10.1. The predicted octanol–water partition coefficient (Wildman–Crippen LogP) is 1.53. The first-order chi connectivity index (χ1) is 11.1. The summed E-state index contributed by atoms with van der Waals surface area (Å²) in [7, 11) is 1.81. The molecule has 3 N–H and O–H groups in total. The van der Waals surface area contributed by atoms with E-state index >= 15 is 0 Å². The minimum absolute atomic E-state index is 0.0822. The van der Waals surface area contributed by atoms with Crippen LogP contribution in [-0.4, -0.2) is 32.8 Å². The van der Waals surface area contributed by atoms with Gasteiger partial charge in [-0.2, -0.15) is 15.0 Å². The Bertz CT molecular complexity index is 786. The number of carbonyl (C=O) groups excluding carboxylic acids is 1. The van der Waals surface area contributed by atoms with Gasteiger partial charge in [0, 0.05) is 31.6 Å². The monoisotopic (exact) mass is 310 g/mol. The zero-order valence-corrected chi connectivity index (χ0v) is 12.9. The first kappa shape index (κ1) is 13.9. The van der Waals surface area contributed by atoms with Gasteiger partial charge in [0.05, 0.1) is 0 Å². The molecular weight excluding hydrogens is 292 g/mol. The number of hydrogen-bond donors (Lipinski definition) is 2. The van der Waals surface area contributed by atoms with E-state index in [0.29, 0.717) is 25.0 Å². The molecule has 0 spiro atoms. The van der Waals surface area contributed by atoms with E-state index < -0.39 is 0 Å². The summed E-state index contributed by atoms with van der Waals surface area (Å²) in [6.07, 6.45) is 2.24. The Kier molecular flexibility index (Phi) is 3.14. The summed E-state index contributed by atoms with van der Waals surface area (Å²) in [6.45, 7) is 1.24. The highest BCUT2D eigenvalue weighted by atomic mass is 16.2. The first-order valence-electron chi connectivity index (χ1n) is 7.73. The van der Waals surface area contributed by atoms with Crippen molar-refractivity contribution in [1.29, 1.82) is 0 Å². The highest BCUT2D eigenvalue weighted by molar-refractivity contribution is 5.98. The van der Waals surface area contributed by atoms with Gasteiger partial charge < -0.3 is 16.0 Å². The number of amides is 1. The van der Waals surface area contributed by atoms with E-state index in [1.165, 1.54) is 0 Å². The van der Waals surface area contributed by atoms with Crippen molar-refractivity contribution < 1.29 is 4.79 Å². The second kappa shape index (κ2) is 5.19. The zero-order chi connectivity index (χ0) is 16.0. The van der Waals surface area contributed by atoms with E-state index in [1.54, 1.807) is 4.90 Å². The molecular formula is C16H18N6O. The van der Waals surface area contributed by atoms with E-state index in [9.17, 15) is 4.79 Å². The second-order valence-corrected chi connectivity index (χ2v) is 6.16. The summed E-state index contributed by atoms with van der Waals surface area (Å²) in [4.78, 5) is 26.4. The smallest absolute Gasteiger partial charge is 0.254 e. The molecule has 7 nitrogen and oxygen atoms in total. The Morgan fingerprint density at radius 2 is 2.13 bits per heavy atom. The maximum Gasteiger partial charge on any atom is 0.254 e. The molecule has 1 fully saturated rings. The number of nitrogen functional groups attached to an aromatic ring is 1. The topological polar surface area (TPSA) is 97.0 Å². The number of nitrogens with zero attached hydrogens (tertiary/aromatic N) is 4. The molecule has 1 aromatic heterocycles. The summed E-state index contributed by atoms with van der Waals surface area (Å²) >= 11 is 0. The number of fused-ring (bicyclic) bond motifs is 1. The van der Waals surface area contributed by atoms with Gasteiger partial charge in [0.25, 0.3) is 5.91 Å². The third-order valence-corrected chi connectivity index (χ3v) is 4.22. The van der Waals surface area contributed by atoms with Gasteiger partial charge >= 0.3 is 0 Å². The summed E-state index contributed by atoms with van der Waals surface area (Å²) in [5.74, 6) is 2.06. The lowest BCUT2D eigenvalue weighted by Crippen LogP contribution is -2.17. The van der Waals surface area contributed by atoms with Crippen LogP contribution in [0.5, 0.6) is 0 Å². The SMILES string of the molecule is CN1Cc2cc(CNc3nc(N)nc(C4CC4)n3)ccc2C1=O. The quantitative estimate of drug-likeness (QED) is 0.889. The van der Waals surface area contributed by atoms with Gasteiger partial charge in [0.15, 0.2) is 0 Å². The first-order valence-corrected chi connectivity index (χ1v) is 7.73. The molecule has 0 atom stereocenters. The van der Waals surface area contributed by atoms with Crippen molar-refractivity contribution in [1.82, 2.24) is 19.9 Å². The molecule has 1 aromatic carbocycles. The van der Waals surface area contributed by atoms with Crippen LogP contribution in [0.1, 0.15) is 46.1 Å². The van der Waals surface area contributed by atoms with E-state index in [4.69, 9.17) is 5.73 Å². The highest BCUT2D eigenvalue weighted by Gasteiger charge is 2.27. The molecule has 0 saturated heterocycles. The minimum Gasteiger partial charge on any atom is -0.368 e. The van der Waals surface area contributed by atoms with Crippen molar-refractivity contribution in [2.45, 2.75) is 31.8 Å². The number of carbonyl (C=O) groups is 1. The third kappa shape index (κ3) is 2.69. The maximum atomic E-state index is 11.9. The number of benzene rings is 1. The summed E-state index contributed by atoms with van der Waals surface area (Å²) in [6, 6.07) is 5.89. The number of rotatable bonds is 4. The van der Waals surface area contributed by atoms with Crippen LogP contribution in [-0.2, 0) is 13.1 Å². The molecule has 1 amide bonds. The third-order valence-electron chi connectivity index (χ3n) is 4.22. The van der Waals surface area contributed by atoms with Crippen LogP contribution in [0.3, 0.4) is 0 Å². The summed E-state index contributed by atoms with van der Waals surface area (Å²) in [5, 5.41) is 3.20. The van der Waals surface area contributed by atoms with Gasteiger partial charge in [-0.15, -0.1) is 0 Å². The van der Waals surface area contributed by atoms with Crippen LogP contribution in [0.25, 0.3) is 0 Å². The molecule has 2 heterocycles. The Balaban J connectivity index is 1.49. The molecule has 4 rings (SSSR count). The molecule has 0 bridgehead atoms. The van der Waals surface area contributed by atoms with E-state index in [2.05, 4.69) is 26.3 Å². The largest absolute Gasteiger partial charge is 0.368 e. The predicted molar refractivity (Wildman–Crippen MR) is 85.8 cm³/mol. The van der Waals surface area contributed by atoms with Gasteiger partial charge in [0.1, 0.15) is 5.82 Å². The molecule has 1 aliphatic carbocycles. The van der Waals surface area contributed by atoms with Gasteiger partial charge in [0.2, 0.25) is 11.9 Å². The Labute approximate surface area is 134 Å². The normalized spacial score (nSPS) is 16.6. The molecule has 2 aliphatic rings. The van der Waals surface area contributed by atoms with E-state index in [1.807, 2.05) is 19.2 Å². The van der Waals surface area contributed by atoms with Crippen LogP contribution in [0, 0.1) is 0 Å². The van der Waals surface area contributed by atoms with E-state index in [0.717, 1.165) is 35.4 Å². The van der Waals surface area contributed by atoms with Gasteiger partial charge in [-0.05, 0) is 30.0 Å². The molecule has 118 valence electrons. The average Bonchev–Trinajstić information content (AvgIpc) is 3.33. The van der Waals surface area contributed by atoms with Crippen LogP contribution in [0.2, 0.25) is 0 Å². The lowest BCUT2D eigenvalue weighted by molar-refractivity contribution is 0.0816. The van der Waals surface area contributed by atoms with Crippen LogP contribution >= 0.6 is 0 Å². The average molecular weight is 310 g/mol. The van der Waals surface area contributed by atoms with Crippen molar-refractivity contribution >= 4 is 17.8 Å². The molecule has 2 aromatic rings. The molecule has 1 saturated carbocycles. The standard InChI is InChI=1S/C16H18N6O/c1-22-8-11-6-9(2-5-12(11)14(22)23)7-18-16-20-13(10-3-4-10)19-15(17)21-16/h2,5-6,10H,3-4,7-8H2,1H3,(H3,17,18,19,20,21). The highest BCUT2D eigenvalue weighted by Crippen LogP contribution is 2.38. The fourth-order valence-corrected chi connectivity index (χ4v) is 2.82. The Morgan fingerprint density at radius 3 is 2.91 bits per heavy atom. The number of nitrogens with two attached hydrogens (primary N) is 1. The minimum atomic E-state index is 0.0822.